The quantitative estimate of drug-likeness (QED) is 0.807. The Bertz CT molecular complexity index is 674. The standard InChI is InChI=1S/C17H21N3S/c1-12-5-4-6-15(11-12)18-17(21)20-10-9-19-13(2)7-8-16(19)14(20)3/h4-8,11,14H,9-10H2,1-3H3,(H,18,21)/t14-/m1/s1. The third-order valence-electron chi connectivity index (χ3n) is 4.22. The van der Waals surface area contributed by atoms with Crippen molar-refractivity contribution in [2.24, 2.45) is 0 Å². The van der Waals surface area contributed by atoms with Gasteiger partial charge in [0, 0.05) is 30.2 Å². The molecule has 0 unspecified atom stereocenters. The molecule has 110 valence electrons. The minimum atomic E-state index is 0.303. The zero-order valence-corrected chi connectivity index (χ0v) is 13.6. The van der Waals surface area contributed by atoms with Crippen LogP contribution >= 0.6 is 12.2 Å². The number of rotatable bonds is 1. The first-order valence-corrected chi connectivity index (χ1v) is 7.77. The van der Waals surface area contributed by atoms with Crippen molar-refractivity contribution in [3.8, 4) is 0 Å². The molecule has 1 atom stereocenters. The molecule has 0 fully saturated rings. The minimum Gasteiger partial charge on any atom is -0.345 e. The lowest BCUT2D eigenvalue weighted by Crippen LogP contribution is -2.43. The zero-order chi connectivity index (χ0) is 15.0. The maximum absolute atomic E-state index is 5.62. The van der Waals surface area contributed by atoms with E-state index in [1.807, 2.05) is 0 Å². The highest BCUT2D eigenvalue weighted by Gasteiger charge is 2.26. The predicted octanol–water partition coefficient (Wildman–Crippen LogP) is 3.88. The van der Waals surface area contributed by atoms with Gasteiger partial charge in [0.1, 0.15) is 0 Å². The van der Waals surface area contributed by atoms with E-state index in [1.54, 1.807) is 0 Å². The Morgan fingerprint density at radius 1 is 1.19 bits per heavy atom. The number of benzene rings is 1. The van der Waals surface area contributed by atoms with Crippen LogP contribution in [0, 0.1) is 13.8 Å². The molecule has 0 saturated heterocycles. The van der Waals surface area contributed by atoms with E-state index in [-0.39, 0.29) is 0 Å². The molecule has 0 bridgehead atoms. The normalized spacial score (nSPS) is 17.5. The zero-order valence-electron chi connectivity index (χ0n) is 12.8. The summed E-state index contributed by atoms with van der Waals surface area (Å²) in [6, 6.07) is 13.0. The number of nitrogens with zero attached hydrogens (tertiary/aromatic N) is 2. The molecule has 0 amide bonds. The number of hydrogen-bond acceptors (Lipinski definition) is 1. The largest absolute Gasteiger partial charge is 0.345 e. The third kappa shape index (κ3) is 2.68. The summed E-state index contributed by atoms with van der Waals surface area (Å²) in [5.41, 5.74) is 4.96. The van der Waals surface area contributed by atoms with Gasteiger partial charge in [-0.1, -0.05) is 12.1 Å². The molecule has 4 heteroatoms. The first kappa shape index (κ1) is 14.1. The molecule has 21 heavy (non-hydrogen) atoms. The van der Waals surface area contributed by atoms with Crippen LogP contribution in [0.25, 0.3) is 0 Å². The van der Waals surface area contributed by atoms with Crippen molar-refractivity contribution in [3.05, 3.63) is 53.3 Å². The second kappa shape index (κ2) is 5.53. The van der Waals surface area contributed by atoms with Crippen molar-refractivity contribution in [2.45, 2.75) is 33.4 Å². The van der Waals surface area contributed by atoms with Gasteiger partial charge in [0.15, 0.2) is 5.11 Å². The molecule has 0 aliphatic carbocycles. The van der Waals surface area contributed by atoms with Gasteiger partial charge in [-0.3, -0.25) is 0 Å². The number of thiocarbonyl (C=S) groups is 1. The summed E-state index contributed by atoms with van der Waals surface area (Å²) in [4.78, 5) is 2.27. The van der Waals surface area contributed by atoms with Gasteiger partial charge >= 0.3 is 0 Å². The molecule has 0 spiro atoms. The first-order valence-electron chi connectivity index (χ1n) is 7.36. The van der Waals surface area contributed by atoms with Gasteiger partial charge in [-0.25, -0.2) is 0 Å². The van der Waals surface area contributed by atoms with Crippen LogP contribution in [0.2, 0.25) is 0 Å². The lowest BCUT2D eigenvalue weighted by atomic mass is 10.1. The summed E-state index contributed by atoms with van der Waals surface area (Å²) in [6.07, 6.45) is 0. The maximum atomic E-state index is 5.62. The van der Waals surface area contributed by atoms with E-state index < -0.39 is 0 Å². The average Bonchev–Trinajstić information content (AvgIpc) is 2.82. The van der Waals surface area contributed by atoms with Gasteiger partial charge in [0.2, 0.25) is 0 Å². The van der Waals surface area contributed by atoms with Gasteiger partial charge in [0.05, 0.1) is 6.04 Å². The molecular formula is C17H21N3S. The summed E-state index contributed by atoms with van der Waals surface area (Å²) in [5, 5.41) is 4.17. The van der Waals surface area contributed by atoms with E-state index in [0.717, 1.165) is 23.9 Å². The van der Waals surface area contributed by atoms with E-state index in [1.165, 1.54) is 17.0 Å². The van der Waals surface area contributed by atoms with Gasteiger partial charge in [0.25, 0.3) is 0 Å². The van der Waals surface area contributed by atoms with Crippen molar-refractivity contribution >= 4 is 23.0 Å². The van der Waals surface area contributed by atoms with Crippen LogP contribution < -0.4 is 5.32 Å². The molecule has 1 aromatic carbocycles. The van der Waals surface area contributed by atoms with Crippen LogP contribution in [0.1, 0.15) is 29.9 Å². The van der Waals surface area contributed by atoms with Crippen LogP contribution in [0.4, 0.5) is 5.69 Å². The van der Waals surface area contributed by atoms with E-state index in [4.69, 9.17) is 12.2 Å². The summed E-state index contributed by atoms with van der Waals surface area (Å²) >= 11 is 5.62. The van der Waals surface area contributed by atoms with E-state index in [2.05, 4.69) is 72.0 Å². The van der Waals surface area contributed by atoms with Crippen molar-refractivity contribution in [2.75, 3.05) is 11.9 Å². The van der Waals surface area contributed by atoms with Crippen molar-refractivity contribution in [1.82, 2.24) is 9.47 Å². The second-order valence-corrected chi connectivity index (χ2v) is 6.11. The predicted molar refractivity (Wildman–Crippen MR) is 91.7 cm³/mol. The highest BCUT2D eigenvalue weighted by Crippen LogP contribution is 2.27. The Morgan fingerprint density at radius 3 is 2.76 bits per heavy atom. The lowest BCUT2D eigenvalue weighted by Gasteiger charge is -2.37. The molecule has 1 aliphatic heterocycles. The van der Waals surface area contributed by atoms with Gasteiger partial charge < -0.3 is 14.8 Å². The molecule has 1 aliphatic rings. The van der Waals surface area contributed by atoms with Crippen LogP contribution in [0.15, 0.2) is 36.4 Å². The summed E-state index contributed by atoms with van der Waals surface area (Å²) in [7, 11) is 0. The fourth-order valence-electron chi connectivity index (χ4n) is 3.02. The Hall–Kier alpha value is -1.81. The molecule has 3 nitrogen and oxygen atoms in total. The van der Waals surface area contributed by atoms with Gasteiger partial charge in [-0.05, 0) is 62.8 Å². The fourth-order valence-corrected chi connectivity index (χ4v) is 3.38. The molecule has 0 saturated carbocycles. The number of nitrogens with one attached hydrogen (secondary N) is 1. The van der Waals surface area contributed by atoms with Crippen LogP contribution in [0.5, 0.6) is 0 Å². The van der Waals surface area contributed by atoms with Crippen LogP contribution in [-0.2, 0) is 6.54 Å². The van der Waals surface area contributed by atoms with Crippen molar-refractivity contribution in [1.29, 1.82) is 0 Å². The fraction of sp³-hybridized carbons (Fsp3) is 0.353. The number of fused-ring (bicyclic) bond motifs is 1. The molecule has 1 N–H and O–H groups in total. The monoisotopic (exact) mass is 299 g/mol. The maximum Gasteiger partial charge on any atom is 0.174 e. The molecule has 1 aromatic heterocycles. The van der Waals surface area contributed by atoms with E-state index in [0.29, 0.717) is 6.04 Å². The Balaban J connectivity index is 1.77. The lowest BCUT2D eigenvalue weighted by molar-refractivity contribution is 0.274. The average molecular weight is 299 g/mol. The number of aryl methyl sites for hydroxylation is 2. The van der Waals surface area contributed by atoms with Gasteiger partial charge in [-0.15, -0.1) is 0 Å². The number of anilines is 1. The highest BCUT2D eigenvalue weighted by molar-refractivity contribution is 7.80. The summed E-state index contributed by atoms with van der Waals surface area (Å²) in [6.45, 7) is 8.41. The molecule has 3 rings (SSSR count). The Morgan fingerprint density at radius 2 is 2.00 bits per heavy atom. The van der Waals surface area contributed by atoms with Crippen LogP contribution in [-0.4, -0.2) is 21.1 Å². The Kier molecular flexibility index (Phi) is 3.72. The van der Waals surface area contributed by atoms with E-state index in [9.17, 15) is 0 Å². The Labute approximate surface area is 131 Å². The number of hydrogen-bond donors (Lipinski definition) is 1. The van der Waals surface area contributed by atoms with Crippen LogP contribution in [0.3, 0.4) is 0 Å². The highest BCUT2D eigenvalue weighted by atomic mass is 32.1. The first-order chi connectivity index (χ1) is 10.1. The van der Waals surface area contributed by atoms with Crippen molar-refractivity contribution in [3.63, 3.8) is 0 Å². The third-order valence-corrected chi connectivity index (χ3v) is 4.56. The van der Waals surface area contributed by atoms with E-state index >= 15 is 0 Å². The second-order valence-electron chi connectivity index (χ2n) is 5.72. The summed E-state index contributed by atoms with van der Waals surface area (Å²) < 4.78 is 2.39. The summed E-state index contributed by atoms with van der Waals surface area (Å²) in [5.74, 6) is 0. The van der Waals surface area contributed by atoms with Crippen molar-refractivity contribution < 1.29 is 0 Å². The smallest absolute Gasteiger partial charge is 0.174 e. The van der Waals surface area contributed by atoms with Gasteiger partial charge in [-0.2, -0.15) is 0 Å². The topological polar surface area (TPSA) is 20.2 Å². The molecule has 0 radical (unpaired) electrons. The molecule has 2 heterocycles. The number of aromatic nitrogens is 1. The minimum absolute atomic E-state index is 0.303. The molecular weight excluding hydrogens is 278 g/mol. The SMILES string of the molecule is Cc1cccc(NC(=S)N2CCn3c(C)ccc3[C@H]2C)c1. The molecule has 2 aromatic rings.